The van der Waals surface area contributed by atoms with Crippen LogP contribution in [0.15, 0.2) is 39.5 Å². The number of phenolic OH excluding ortho intramolecular Hbond substituents is 2. The summed E-state index contributed by atoms with van der Waals surface area (Å²) in [5, 5.41) is 114. The highest BCUT2D eigenvalue weighted by molar-refractivity contribution is 5.88. The Bertz CT molecular complexity index is 1850. The lowest BCUT2D eigenvalue weighted by Gasteiger charge is -2.42. The molecule has 0 amide bonds. The minimum Gasteiger partial charge on any atom is -0.507 e. The van der Waals surface area contributed by atoms with E-state index in [0.717, 1.165) is 18.2 Å². The monoisotopic (exact) mass is 770 g/mol. The molecule has 0 saturated carbocycles. The summed E-state index contributed by atoms with van der Waals surface area (Å²) in [7, 11) is 1.30. The molecular formula is C34H42O20. The van der Waals surface area contributed by atoms with Gasteiger partial charge in [0.05, 0.1) is 25.9 Å². The first-order valence-corrected chi connectivity index (χ1v) is 16.8. The van der Waals surface area contributed by atoms with Crippen LogP contribution in [0.4, 0.5) is 0 Å². The Balaban J connectivity index is 1.35. The second-order valence-corrected chi connectivity index (χ2v) is 13.2. The standard InChI is InChI=1S/C34H42O20/c1-10-20(37)24(41)27(44)32(49-10)48-9-18-22(39)26(43)29(46)34(53-18)54-31-23(40)19-15(36)7-13(51-33-28(45)25(42)21(38)11(2)50-33)8-17(19)52-30(31)12-4-5-16(47-3)14(35)6-12/h4-8,10-11,18,20-22,24-29,32-39,41-46H,9H2,1-3H3/t10-,11+,18+,20-,21-,22-,24-,25-,26+,27+,28+,29+,32+,33-,34-/m0/s1. The minimum absolute atomic E-state index is 0.00542. The van der Waals surface area contributed by atoms with E-state index in [-0.39, 0.29) is 22.6 Å². The zero-order chi connectivity index (χ0) is 39.3. The lowest BCUT2D eigenvalue weighted by atomic mass is 9.98. The second-order valence-electron chi connectivity index (χ2n) is 13.2. The first-order chi connectivity index (χ1) is 25.5. The molecule has 3 fully saturated rings. The smallest absolute Gasteiger partial charge is 0.239 e. The maximum atomic E-state index is 14.1. The van der Waals surface area contributed by atoms with Crippen LogP contribution in [0.5, 0.6) is 28.7 Å². The van der Waals surface area contributed by atoms with Crippen molar-refractivity contribution in [2.75, 3.05) is 13.7 Å². The van der Waals surface area contributed by atoms with Gasteiger partial charge in [0.25, 0.3) is 0 Å². The predicted octanol–water partition coefficient (Wildman–Crippen LogP) is -2.88. The number of rotatable bonds is 9. The molecule has 0 aliphatic carbocycles. The second kappa shape index (κ2) is 15.7. The molecule has 3 saturated heterocycles. The number of benzene rings is 2. The fraction of sp³-hybridized carbons (Fsp3) is 0.559. The molecule has 0 bridgehead atoms. The van der Waals surface area contributed by atoms with Crippen LogP contribution < -0.4 is 19.6 Å². The van der Waals surface area contributed by atoms with Crippen molar-refractivity contribution in [2.24, 2.45) is 0 Å². The summed E-state index contributed by atoms with van der Waals surface area (Å²) < 4.78 is 44.7. The van der Waals surface area contributed by atoms with Crippen molar-refractivity contribution in [3.8, 4) is 40.1 Å². The van der Waals surface area contributed by atoms with E-state index in [4.69, 9.17) is 37.6 Å². The van der Waals surface area contributed by atoms with Crippen molar-refractivity contribution in [3.63, 3.8) is 0 Å². The van der Waals surface area contributed by atoms with Gasteiger partial charge in [0.15, 0.2) is 23.5 Å². The molecule has 54 heavy (non-hydrogen) atoms. The van der Waals surface area contributed by atoms with Crippen LogP contribution >= 0.6 is 0 Å². The minimum atomic E-state index is -2.01. The number of phenols is 2. The van der Waals surface area contributed by atoms with E-state index in [1.807, 2.05) is 0 Å². The number of hydrogen-bond donors (Lipinski definition) is 11. The number of aliphatic hydroxyl groups is 9. The largest absolute Gasteiger partial charge is 0.507 e. The van der Waals surface area contributed by atoms with Crippen LogP contribution in [0, 0.1) is 0 Å². The SMILES string of the molecule is COc1ccc(-c2oc3cc(O[C@@H]4O[C@H](C)[C@H](O)[C@H](O)[C@H]4O)cc(O)c3c(=O)c2O[C@@H]2O[C@H](CO[C@@H]3O[C@@H](C)[C@H](O)[C@H](O)[C@H]3O)[C@H](O)[C@@H](O)[C@H]2O)cc1O. The molecule has 3 aliphatic rings. The molecule has 4 heterocycles. The molecule has 3 aliphatic heterocycles. The first kappa shape index (κ1) is 39.8. The van der Waals surface area contributed by atoms with Crippen LogP contribution in [0.3, 0.4) is 0 Å². The van der Waals surface area contributed by atoms with E-state index >= 15 is 0 Å². The van der Waals surface area contributed by atoms with Crippen molar-refractivity contribution >= 4 is 11.0 Å². The molecule has 1 aromatic heterocycles. The summed E-state index contributed by atoms with van der Waals surface area (Å²) >= 11 is 0. The maximum Gasteiger partial charge on any atom is 0.239 e. The van der Waals surface area contributed by atoms with Gasteiger partial charge in [-0.2, -0.15) is 0 Å². The van der Waals surface area contributed by atoms with Crippen LogP contribution in [0.25, 0.3) is 22.3 Å². The molecule has 0 radical (unpaired) electrons. The number of methoxy groups -OCH3 is 1. The van der Waals surface area contributed by atoms with Crippen molar-refractivity contribution in [2.45, 2.75) is 106 Å². The molecule has 2 aromatic carbocycles. The fourth-order valence-corrected chi connectivity index (χ4v) is 6.31. The van der Waals surface area contributed by atoms with E-state index in [9.17, 15) is 61.0 Å². The van der Waals surface area contributed by atoms with Crippen molar-refractivity contribution in [3.05, 3.63) is 40.6 Å². The van der Waals surface area contributed by atoms with Gasteiger partial charge in [-0.05, 0) is 32.0 Å². The third kappa shape index (κ3) is 7.41. The summed E-state index contributed by atoms with van der Waals surface area (Å²) in [6.07, 6.45) is -23.8. The van der Waals surface area contributed by atoms with E-state index < -0.39 is 133 Å². The number of hydrogen-bond acceptors (Lipinski definition) is 20. The zero-order valence-corrected chi connectivity index (χ0v) is 28.8. The van der Waals surface area contributed by atoms with Crippen LogP contribution in [-0.2, 0) is 18.9 Å². The average Bonchev–Trinajstić information content (AvgIpc) is 3.14. The van der Waals surface area contributed by atoms with Gasteiger partial charge in [0, 0.05) is 17.7 Å². The van der Waals surface area contributed by atoms with Gasteiger partial charge in [-0.15, -0.1) is 0 Å². The van der Waals surface area contributed by atoms with Crippen LogP contribution in [0.2, 0.25) is 0 Å². The molecule has 0 spiro atoms. The molecule has 3 aromatic rings. The number of fused-ring (bicyclic) bond motifs is 1. The Hall–Kier alpha value is -3.87. The normalized spacial score (nSPS) is 37.2. The summed E-state index contributed by atoms with van der Waals surface area (Å²) in [4.78, 5) is 14.1. The third-order valence-electron chi connectivity index (χ3n) is 9.54. The number of aliphatic hydroxyl groups excluding tert-OH is 9. The lowest BCUT2D eigenvalue weighted by molar-refractivity contribution is -0.318. The molecule has 11 N–H and O–H groups in total. The highest BCUT2D eigenvalue weighted by Gasteiger charge is 2.48. The molecule has 20 heteroatoms. The van der Waals surface area contributed by atoms with Gasteiger partial charge in [0.1, 0.15) is 83.5 Å². The van der Waals surface area contributed by atoms with E-state index in [1.165, 1.54) is 33.1 Å². The predicted molar refractivity (Wildman–Crippen MR) is 176 cm³/mol. The van der Waals surface area contributed by atoms with Gasteiger partial charge < -0.3 is 93.7 Å². The Morgan fingerprint density at radius 3 is 1.83 bits per heavy atom. The van der Waals surface area contributed by atoms with Crippen molar-refractivity contribution < 1.29 is 93.7 Å². The molecule has 0 unspecified atom stereocenters. The Kier molecular flexibility index (Phi) is 11.6. The van der Waals surface area contributed by atoms with Crippen LogP contribution in [0.1, 0.15) is 13.8 Å². The lowest BCUT2D eigenvalue weighted by Crippen LogP contribution is -2.61. The fourth-order valence-electron chi connectivity index (χ4n) is 6.31. The number of ether oxygens (including phenoxy) is 7. The highest BCUT2D eigenvalue weighted by atomic mass is 16.7. The average molecular weight is 771 g/mol. The summed E-state index contributed by atoms with van der Waals surface area (Å²) in [5.74, 6) is -2.42. The zero-order valence-electron chi connectivity index (χ0n) is 28.8. The Morgan fingerprint density at radius 2 is 1.22 bits per heavy atom. The molecule has 20 nitrogen and oxygen atoms in total. The van der Waals surface area contributed by atoms with Crippen molar-refractivity contribution in [1.29, 1.82) is 0 Å². The third-order valence-corrected chi connectivity index (χ3v) is 9.54. The molecule has 15 atom stereocenters. The molecule has 298 valence electrons. The van der Waals surface area contributed by atoms with Gasteiger partial charge in [0.2, 0.25) is 23.8 Å². The quantitative estimate of drug-likeness (QED) is 0.104. The first-order valence-electron chi connectivity index (χ1n) is 16.8. The van der Waals surface area contributed by atoms with Gasteiger partial charge in [-0.25, -0.2) is 0 Å². The number of aromatic hydroxyl groups is 2. The summed E-state index contributed by atoms with van der Waals surface area (Å²) in [6.45, 7) is 2.21. The Labute approximate surface area is 305 Å². The van der Waals surface area contributed by atoms with Gasteiger partial charge in [-0.3, -0.25) is 4.79 Å². The maximum absolute atomic E-state index is 14.1. The van der Waals surface area contributed by atoms with E-state index in [0.29, 0.717) is 0 Å². The van der Waals surface area contributed by atoms with E-state index in [2.05, 4.69) is 0 Å². The van der Waals surface area contributed by atoms with Gasteiger partial charge in [-0.1, -0.05) is 0 Å². The van der Waals surface area contributed by atoms with Gasteiger partial charge >= 0.3 is 0 Å². The molecular weight excluding hydrogens is 728 g/mol. The summed E-state index contributed by atoms with van der Waals surface area (Å²) in [5.41, 5.74) is -1.39. The topological polar surface area (TPSA) is 317 Å². The summed E-state index contributed by atoms with van der Waals surface area (Å²) in [6, 6.07) is 5.95. The Morgan fingerprint density at radius 1 is 0.648 bits per heavy atom. The molecule has 6 rings (SSSR count). The van der Waals surface area contributed by atoms with Crippen molar-refractivity contribution in [1.82, 2.24) is 0 Å². The highest BCUT2D eigenvalue weighted by Crippen LogP contribution is 2.40. The van der Waals surface area contributed by atoms with Crippen LogP contribution in [-0.4, -0.2) is 162 Å². The van der Waals surface area contributed by atoms with E-state index in [1.54, 1.807) is 0 Å².